The Hall–Kier alpha value is -3.19. The molecule has 6 nitrogen and oxygen atoms in total. The van der Waals surface area contributed by atoms with Gasteiger partial charge < -0.3 is 19.4 Å². The molecule has 0 saturated heterocycles. The first-order valence-corrected chi connectivity index (χ1v) is 10.5. The summed E-state index contributed by atoms with van der Waals surface area (Å²) < 4.78 is 12.9. The van der Waals surface area contributed by atoms with Crippen molar-refractivity contribution in [3.8, 4) is 17.2 Å². The Morgan fingerprint density at radius 2 is 1.77 bits per heavy atom. The summed E-state index contributed by atoms with van der Waals surface area (Å²) in [5, 5.41) is 2.74. The van der Waals surface area contributed by atoms with Crippen LogP contribution < -0.4 is 14.8 Å². The van der Waals surface area contributed by atoms with E-state index in [1.54, 1.807) is 0 Å². The predicted molar refractivity (Wildman–Crippen MR) is 117 cm³/mol. The highest BCUT2D eigenvalue weighted by Gasteiger charge is 2.19. The molecule has 0 saturated carbocycles. The fraction of sp³-hybridized carbons (Fsp3) is 0.217. The van der Waals surface area contributed by atoms with Crippen LogP contribution in [-0.4, -0.2) is 28.8 Å². The predicted octanol–water partition coefficient (Wildman–Crippen LogP) is 4.76. The van der Waals surface area contributed by atoms with Crippen molar-refractivity contribution in [2.45, 2.75) is 25.7 Å². The number of anilines is 1. The first-order valence-electron chi connectivity index (χ1n) is 9.55. The van der Waals surface area contributed by atoms with Gasteiger partial charge in [-0.3, -0.25) is 9.59 Å². The highest BCUT2D eigenvalue weighted by Crippen LogP contribution is 2.35. The number of ether oxygens (including phenoxy) is 2. The summed E-state index contributed by atoms with van der Waals surface area (Å²) in [5.41, 5.74) is 4.28. The van der Waals surface area contributed by atoms with E-state index in [1.165, 1.54) is 18.7 Å². The van der Waals surface area contributed by atoms with E-state index < -0.39 is 0 Å². The fourth-order valence-electron chi connectivity index (χ4n) is 3.53. The summed E-state index contributed by atoms with van der Waals surface area (Å²) in [6, 6.07) is 15.2. The van der Waals surface area contributed by atoms with E-state index in [9.17, 15) is 9.59 Å². The molecule has 1 aromatic heterocycles. The van der Waals surface area contributed by atoms with Crippen LogP contribution >= 0.6 is 11.8 Å². The van der Waals surface area contributed by atoms with Crippen LogP contribution in [0.5, 0.6) is 11.5 Å². The standard InChI is InChI=1S/C23H22N2O4S/c1-14-10-20(15(2)25(14)18-6-9-22-23(11-18)29-13-28-22)21(27)12-30-19-7-4-17(5-8-19)24-16(3)26/h4-11H,12-13H2,1-3H3,(H,24,26). The molecule has 0 fully saturated rings. The van der Waals surface area contributed by atoms with Crippen LogP contribution in [0.1, 0.15) is 28.7 Å². The molecule has 0 bridgehead atoms. The molecule has 3 aromatic rings. The van der Waals surface area contributed by atoms with Crippen LogP contribution in [0.15, 0.2) is 53.4 Å². The molecule has 1 aliphatic heterocycles. The molecule has 154 valence electrons. The molecule has 0 atom stereocenters. The Labute approximate surface area is 179 Å². The van der Waals surface area contributed by atoms with E-state index in [2.05, 4.69) is 9.88 Å². The van der Waals surface area contributed by atoms with Gasteiger partial charge in [-0.1, -0.05) is 0 Å². The molecule has 0 aliphatic carbocycles. The van der Waals surface area contributed by atoms with Gasteiger partial charge in [-0.2, -0.15) is 0 Å². The minimum Gasteiger partial charge on any atom is -0.454 e. The second kappa shape index (κ2) is 8.28. The number of hydrogen-bond donors (Lipinski definition) is 1. The van der Waals surface area contributed by atoms with Crippen LogP contribution in [0.4, 0.5) is 5.69 Å². The topological polar surface area (TPSA) is 69.6 Å². The minimum absolute atomic E-state index is 0.0750. The summed E-state index contributed by atoms with van der Waals surface area (Å²) >= 11 is 1.48. The Kier molecular flexibility index (Phi) is 5.55. The van der Waals surface area contributed by atoms with Crippen molar-refractivity contribution in [2.24, 2.45) is 0 Å². The Balaban J connectivity index is 1.48. The summed E-state index contributed by atoms with van der Waals surface area (Å²) in [6.45, 7) is 5.65. The van der Waals surface area contributed by atoms with Gasteiger partial charge in [0.2, 0.25) is 12.7 Å². The number of thioether (sulfide) groups is 1. The number of carbonyl (C=O) groups excluding carboxylic acids is 2. The van der Waals surface area contributed by atoms with Crippen molar-refractivity contribution in [1.29, 1.82) is 0 Å². The van der Waals surface area contributed by atoms with Gasteiger partial charge in [0.15, 0.2) is 17.3 Å². The van der Waals surface area contributed by atoms with Gasteiger partial charge in [0.05, 0.1) is 5.75 Å². The number of Topliss-reactive ketones (excluding diaryl/α,β-unsaturated/α-hetero) is 1. The molecule has 2 heterocycles. The average Bonchev–Trinajstić information content (AvgIpc) is 3.30. The van der Waals surface area contributed by atoms with Gasteiger partial charge in [0, 0.05) is 46.2 Å². The third kappa shape index (κ3) is 4.07. The van der Waals surface area contributed by atoms with Crippen molar-refractivity contribution in [1.82, 2.24) is 4.57 Å². The second-order valence-corrected chi connectivity index (χ2v) is 8.12. The molecule has 1 amide bonds. The lowest BCUT2D eigenvalue weighted by molar-refractivity contribution is -0.114. The second-order valence-electron chi connectivity index (χ2n) is 7.08. The van der Waals surface area contributed by atoms with Crippen molar-refractivity contribution in [3.05, 3.63) is 65.5 Å². The summed E-state index contributed by atoms with van der Waals surface area (Å²) in [5.74, 6) is 1.75. The molecule has 2 aromatic carbocycles. The van der Waals surface area contributed by atoms with E-state index in [0.717, 1.165) is 33.4 Å². The molecule has 7 heteroatoms. The SMILES string of the molecule is CC(=O)Nc1ccc(SCC(=O)c2cc(C)n(-c3ccc4c(c3)OCO4)c2C)cc1. The van der Waals surface area contributed by atoms with Gasteiger partial charge in [-0.05, 0) is 56.3 Å². The Bertz CT molecular complexity index is 1120. The maximum atomic E-state index is 12.9. The highest BCUT2D eigenvalue weighted by atomic mass is 32.2. The van der Waals surface area contributed by atoms with Gasteiger partial charge in [-0.25, -0.2) is 0 Å². The zero-order valence-electron chi connectivity index (χ0n) is 17.0. The van der Waals surface area contributed by atoms with Crippen LogP contribution in [0.25, 0.3) is 5.69 Å². The number of hydrogen-bond acceptors (Lipinski definition) is 5. The number of aromatic nitrogens is 1. The smallest absolute Gasteiger partial charge is 0.231 e. The quantitative estimate of drug-likeness (QED) is 0.458. The maximum Gasteiger partial charge on any atom is 0.231 e. The lowest BCUT2D eigenvalue weighted by atomic mass is 10.2. The number of ketones is 1. The third-order valence-corrected chi connectivity index (χ3v) is 5.90. The van der Waals surface area contributed by atoms with Gasteiger partial charge >= 0.3 is 0 Å². The third-order valence-electron chi connectivity index (χ3n) is 4.89. The Morgan fingerprint density at radius 1 is 1.03 bits per heavy atom. The van der Waals surface area contributed by atoms with Crippen LogP contribution in [0.2, 0.25) is 0 Å². The minimum atomic E-state index is -0.108. The lowest BCUT2D eigenvalue weighted by Gasteiger charge is -2.11. The van der Waals surface area contributed by atoms with Gasteiger partial charge in [-0.15, -0.1) is 11.8 Å². The van der Waals surface area contributed by atoms with E-state index >= 15 is 0 Å². The van der Waals surface area contributed by atoms with Crippen molar-refractivity contribution in [2.75, 3.05) is 17.9 Å². The average molecular weight is 423 g/mol. The van der Waals surface area contributed by atoms with Crippen molar-refractivity contribution >= 4 is 29.1 Å². The fourth-order valence-corrected chi connectivity index (χ4v) is 4.31. The van der Waals surface area contributed by atoms with Crippen molar-refractivity contribution < 1.29 is 19.1 Å². The number of nitrogens with zero attached hydrogens (tertiary/aromatic N) is 1. The molecular formula is C23H22N2O4S. The molecule has 0 radical (unpaired) electrons. The first-order chi connectivity index (χ1) is 14.4. The van der Waals surface area contributed by atoms with Crippen molar-refractivity contribution in [3.63, 3.8) is 0 Å². The summed E-state index contributed by atoms with van der Waals surface area (Å²) in [7, 11) is 0. The number of nitrogens with one attached hydrogen (secondary N) is 1. The van der Waals surface area contributed by atoms with E-state index in [0.29, 0.717) is 17.1 Å². The Morgan fingerprint density at radius 3 is 2.50 bits per heavy atom. The molecule has 30 heavy (non-hydrogen) atoms. The molecule has 0 unspecified atom stereocenters. The molecule has 4 rings (SSSR count). The number of rotatable bonds is 6. The van der Waals surface area contributed by atoms with Gasteiger partial charge in [0.1, 0.15) is 0 Å². The van der Waals surface area contributed by atoms with Gasteiger partial charge in [0.25, 0.3) is 0 Å². The first kappa shape index (κ1) is 20.1. The molecule has 0 spiro atoms. The van der Waals surface area contributed by atoms with E-state index in [-0.39, 0.29) is 18.5 Å². The largest absolute Gasteiger partial charge is 0.454 e. The zero-order valence-corrected chi connectivity index (χ0v) is 17.8. The number of fused-ring (bicyclic) bond motifs is 1. The van der Waals surface area contributed by atoms with Crippen LogP contribution in [0.3, 0.4) is 0 Å². The molecule has 1 aliphatic rings. The van der Waals surface area contributed by atoms with E-state index in [1.807, 2.05) is 62.4 Å². The number of carbonyl (C=O) groups is 2. The summed E-state index contributed by atoms with van der Waals surface area (Å²) in [6.07, 6.45) is 0. The highest BCUT2D eigenvalue weighted by molar-refractivity contribution is 8.00. The van der Waals surface area contributed by atoms with Crippen LogP contribution in [0, 0.1) is 13.8 Å². The maximum absolute atomic E-state index is 12.9. The number of aryl methyl sites for hydroxylation is 1. The lowest BCUT2D eigenvalue weighted by Crippen LogP contribution is -2.06. The number of benzene rings is 2. The van der Waals surface area contributed by atoms with E-state index in [4.69, 9.17) is 9.47 Å². The molecular weight excluding hydrogens is 400 g/mol. The molecule has 1 N–H and O–H groups in total. The normalized spacial score (nSPS) is 12.1. The number of amides is 1. The zero-order chi connectivity index (χ0) is 21.3. The summed E-state index contributed by atoms with van der Waals surface area (Å²) in [4.78, 5) is 25.0. The van der Waals surface area contributed by atoms with Crippen LogP contribution in [-0.2, 0) is 4.79 Å². The monoisotopic (exact) mass is 422 g/mol.